The molecule has 0 spiro atoms. The van der Waals surface area contributed by atoms with Gasteiger partial charge in [0.15, 0.2) is 0 Å². The van der Waals surface area contributed by atoms with E-state index in [2.05, 4.69) is 63.3 Å². The van der Waals surface area contributed by atoms with Gasteiger partial charge < -0.3 is 0 Å². The van der Waals surface area contributed by atoms with Gasteiger partial charge in [0.25, 0.3) is 0 Å². The first-order chi connectivity index (χ1) is 6.79. The average Bonchev–Trinajstić information content (AvgIpc) is 2.20. The number of hydrogen-bond acceptors (Lipinski definition) is 0. The smallest absolute Gasteiger partial charge is 0.0813 e. The molecule has 0 unspecified atom stereocenters. The van der Waals surface area contributed by atoms with E-state index < -0.39 is 0 Å². The lowest BCUT2D eigenvalue weighted by Crippen LogP contribution is -2.05. The highest BCUT2D eigenvalue weighted by Gasteiger charge is 2.01. The molecule has 0 aliphatic heterocycles. The van der Waals surface area contributed by atoms with Crippen molar-refractivity contribution < 1.29 is 0 Å². The Morgan fingerprint density at radius 3 is 2.00 bits per heavy atom. The predicted octanol–water partition coefficient (Wildman–Crippen LogP) is 1.92. The van der Waals surface area contributed by atoms with E-state index in [1.54, 1.807) is 0 Å². The molecule has 0 radical (unpaired) electrons. The largest absolute Gasteiger partial charge is 0.140 e. The van der Waals surface area contributed by atoms with Crippen LogP contribution in [0.4, 0.5) is 0 Å². The van der Waals surface area contributed by atoms with Crippen LogP contribution in [-0.4, -0.2) is 7.85 Å². The van der Waals surface area contributed by atoms with E-state index in [-0.39, 0.29) is 0 Å². The minimum absolute atomic E-state index is 1.34. The van der Waals surface area contributed by atoms with Gasteiger partial charge in [0.2, 0.25) is 0 Å². The summed E-state index contributed by atoms with van der Waals surface area (Å²) in [5.41, 5.74) is 5.35. The molecule has 0 nitrogen and oxygen atoms in total. The van der Waals surface area contributed by atoms with Crippen LogP contribution in [0.5, 0.6) is 0 Å². The maximum atomic E-state index is 2.18. The first-order valence-electron chi connectivity index (χ1n) is 4.90. The summed E-state index contributed by atoms with van der Waals surface area (Å²) in [5.74, 6) is 0. The maximum Gasteiger partial charge on any atom is 0.140 e. The van der Waals surface area contributed by atoms with E-state index in [1.165, 1.54) is 22.2 Å². The van der Waals surface area contributed by atoms with Crippen molar-refractivity contribution in [2.24, 2.45) is 0 Å². The molecule has 1 heteroatoms. The molecular formula is C13H13B. The molecule has 2 rings (SSSR count). The molecule has 0 amide bonds. The van der Waals surface area contributed by atoms with Gasteiger partial charge in [-0.3, -0.25) is 0 Å². The first kappa shape index (κ1) is 9.08. The van der Waals surface area contributed by atoms with Gasteiger partial charge >= 0.3 is 0 Å². The van der Waals surface area contributed by atoms with Crippen LogP contribution in [0, 0.1) is 6.92 Å². The number of hydrogen-bond donors (Lipinski definition) is 0. The van der Waals surface area contributed by atoms with Crippen molar-refractivity contribution in [1.29, 1.82) is 0 Å². The van der Waals surface area contributed by atoms with E-state index in [0.717, 1.165) is 0 Å². The summed E-state index contributed by atoms with van der Waals surface area (Å²) in [6, 6.07) is 17.0. The lowest BCUT2D eigenvalue weighted by molar-refractivity contribution is 1.47. The monoisotopic (exact) mass is 180 g/mol. The first-order valence-corrected chi connectivity index (χ1v) is 4.90. The second kappa shape index (κ2) is 3.71. The van der Waals surface area contributed by atoms with E-state index in [1.807, 2.05) is 0 Å². The van der Waals surface area contributed by atoms with Crippen molar-refractivity contribution in [3.05, 3.63) is 54.1 Å². The van der Waals surface area contributed by atoms with E-state index in [9.17, 15) is 0 Å². The van der Waals surface area contributed by atoms with Crippen LogP contribution in [-0.2, 0) is 0 Å². The lowest BCUT2D eigenvalue weighted by atomic mass is 9.86. The van der Waals surface area contributed by atoms with Gasteiger partial charge in [-0.15, -0.1) is 0 Å². The molecule has 2 aromatic rings. The fourth-order valence-corrected chi connectivity index (χ4v) is 1.75. The molecule has 2 aromatic carbocycles. The van der Waals surface area contributed by atoms with Gasteiger partial charge in [0.05, 0.1) is 0 Å². The third-order valence-corrected chi connectivity index (χ3v) is 2.58. The minimum atomic E-state index is 1.34. The Balaban J connectivity index is 2.61. The molecule has 0 aliphatic carbocycles. The Hall–Kier alpha value is -1.50. The molecule has 0 fully saturated rings. The van der Waals surface area contributed by atoms with Crippen LogP contribution in [0.3, 0.4) is 0 Å². The molecule has 0 heterocycles. The zero-order chi connectivity index (χ0) is 9.97. The Morgan fingerprint density at radius 1 is 0.786 bits per heavy atom. The van der Waals surface area contributed by atoms with Gasteiger partial charge in [0, 0.05) is 0 Å². The zero-order valence-electron chi connectivity index (χ0n) is 8.62. The van der Waals surface area contributed by atoms with Crippen LogP contribution in [0.25, 0.3) is 11.1 Å². The highest BCUT2D eigenvalue weighted by molar-refractivity contribution is 6.35. The summed E-state index contributed by atoms with van der Waals surface area (Å²) in [7, 11) is 2.15. The Kier molecular flexibility index (Phi) is 2.40. The summed E-state index contributed by atoms with van der Waals surface area (Å²) in [6.07, 6.45) is 0. The summed E-state index contributed by atoms with van der Waals surface area (Å²) in [4.78, 5) is 0. The third kappa shape index (κ3) is 1.58. The van der Waals surface area contributed by atoms with E-state index in [4.69, 9.17) is 0 Å². The summed E-state index contributed by atoms with van der Waals surface area (Å²) in [6.45, 7) is 2.15. The van der Waals surface area contributed by atoms with Crippen molar-refractivity contribution in [2.45, 2.75) is 6.92 Å². The van der Waals surface area contributed by atoms with Gasteiger partial charge in [-0.25, -0.2) is 0 Å². The van der Waals surface area contributed by atoms with Crippen molar-refractivity contribution >= 4 is 13.3 Å². The summed E-state index contributed by atoms with van der Waals surface area (Å²) < 4.78 is 0. The zero-order valence-corrected chi connectivity index (χ0v) is 8.62. The van der Waals surface area contributed by atoms with E-state index >= 15 is 0 Å². The molecule has 0 atom stereocenters. The molecule has 0 saturated heterocycles. The van der Waals surface area contributed by atoms with Gasteiger partial charge in [-0.05, 0) is 23.6 Å². The van der Waals surface area contributed by atoms with Crippen LogP contribution in [0.2, 0.25) is 0 Å². The molecule has 0 bridgehead atoms. The molecule has 0 aliphatic rings. The van der Waals surface area contributed by atoms with Gasteiger partial charge in [0.1, 0.15) is 7.85 Å². The standard InChI is InChI=1S/C13H13B/c1-10-6-2-3-7-11(10)12-8-4-5-9-13(12)14/h2-9H,14H2,1H3. The second-order valence-electron chi connectivity index (χ2n) is 3.63. The number of benzene rings is 2. The van der Waals surface area contributed by atoms with Crippen LogP contribution >= 0.6 is 0 Å². The molecule has 0 saturated carbocycles. The molecule has 68 valence electrons. The Labute approximate surface area is 86.0 Å². The maximum absolute atomic E-state index is 2.18. The Morgan fingerprint density at radius 2 is 1.36 bits per heavy atom. The van der Waals surface area contributed by atoms with Crippen molar-refractivity contribution in [3.63, 3.8) is 0 Å². The molecule has 0 aromatic heterocycles. The predicted molar refractivity (Wildman–Crippen MR) is 64.8 cm³/mol. The van der Waals surface area contributed by atoms with Gasteiger partial charge in [-0.2, -0.15) is 0 Å². The molecule has 14 heavy (non-hydrogen) atoms. The van der Waals surface area contributed by atoms with Crippen molar-refractivity contribution in [2.75, 3.05) is 0 Å². The topological polar surface area (TPSA) is 0 Å². The van der Waals surface area contributed by atoms with Crippen molar-refractivity contribution in [3.8, 4) is 11.1 Å². The molecule has 0 N–H and O–H groups in total. The van der Waals surface area contributed by atoms with Gasteiger partial charge in [-0.1, -0.05) is 54.0 Å². The number of rotatable bonds is 1. The highest BCUT2D eigenvalue weighted by Crippen LogP contribution is 2.20. The average molecular weight is 180 g/mol. The SMILES string of the molecule is Bc1ccccc1-c1ccccc1C. The quantitative estimate of drug-likeness (QED) is 0.588. The minimum Gasteiger partial charge on any atom is -0.0813 e. The second-order valence-corrected chi connectivity index (χ2v) is 3.63. The van der Waals surface area contributed by atoms with Crippen LogP contribution in [0.1, 0.15) is 5.56 Å². The number of aryl methyl sites for hydroxylation is 1. The van der Waals surface area contributed by atoms with Crippen LogP contribution in [0.15, 0.2) is 48.5 Å². The fourth-order valence-electron chi connectivity index (χ4n) is 1.75. The summed E-state index contributed by atoms with van der Waals surface area (Å²) >= 11 is 0. The fraction of sp³-hybridized carbons (Fsp3) is 0.0769. The summed E-state index contributed by atoms with van der Waals surface area (Å²) in [5, 5.41) is 0. The Bertz CT molecular complexity index is 403. The lowest BCUT2D eigenvalue weighted by Gasteiger charge is -2.08. The third-order valence-electron chi connectivity index (χ3n) is 2.58. The molecular weight excluding hydrogens is 167 g/mol. The van der Waals surface area contributed by atoms with E-state index in [0.29, 0.717) is 0 Å². The highest BCUT2D eigenvalue weighted by atomic mass is 14.0. The normalized spacial score (nSPS) is 10.1. The van der Waals surface area contributed by atoms with Crippen molar-refractivity contribution in [1.82, 2.24) is 0 Å². The van der Waals surface area contributed by atoms with Crippen LogP contribution < -0.4 is 5.46 Å².